The van der Waals surface area contributed by atoms with Crippen molar-refractivity contribution in [2.75, 3.05) is 56.5 Å². The third-order valence-corrected chi connectivity index (χ3v) is 21.1. The molecule has 4 aromatic carbocycles. The van der Waals surface area contributed by atoms with Crippen molar-refractivity contribution >= 4 is 75.2 Å². The zero-order valence-electron chi connectivity index (χ0n) is 50.2. The zero-order chi connectivity index (χ0) is 65.7. The van der Waals surface area contributed by atoms with Gasteiger partial charge in [0.15, 0.2) is 11.4 Å². The number of hydrogen-bond acceptors (Lipinski definition) is 19. The number of rotatable bonds is 22. The molecule has 1 saturated heterocycles. The number of phosphoric acid groups is 3. The second-order valence-electron chi connectivity index (χ2n) is 23.5. The SMILES string of the molecule is C[C@H](Oc1cc(N)nc2c1ncn2[C@H]1C[C@@H](O)[C@@H](COP(=O)(O)OP(=O)(O)OP(=O)(O)O)O1)c1ccc(C#CCNC(=O)CCCCCNC(=O)c2ccc(C(=O)O)c(C3=c4cc5c6c(c4Oc4c3cc3c7c4CCCN7CCC3)CCC[N+]=6CCC5)c2)cc1[N+](=O)[O-]. The van der Waals surface area contributed by atoms with E-state index in [4.69, 9.17) is 29.7 Å². The van der Waals surface area contributed by atoms with Crippen molar-refractivity contribution in [3.05, 3.63) is 137 Å². The Kier molecular flexibility index (Phi) is 18.5. The molecule has 8 heterocycles. The second-order valence-corrected chi connectivity index (χ2v) is 28.0. The van der Waals surface area contributed by atoms with Crippen LogP contribution in [0.2, 0.25) is 0 Å². The van der Waals surface area contributed by atoms with E-state index in [2.05, 4.69) is 67.2 Å². The van der Waals surface area contributed by atoms with Crippen LogP contribution in [0, 0.1) is 22.0 Å². The van der Waals surface area contributed by atoms with E-state index in [0.29, 0.717) is 36.9 Å². The Morgan fingerprint density at radius 2 is 1.66 bits per heavy atom. The molecule has 6 atom stereocenters. The molecule has 29 nitrogen and oxygen atoms in total. The number of aromatic carboxylic acids is 1. The summed E-state index contributed by atoms with van der Waals surface area (Å²) in [6.45, 7) is 4.87. The second kappa shape index (κ2) is 26.5. The molecule has 0 aliphatic carbocycles. The number of amides is 2. The molecule has 490 valence electrons. The van der Waals surface area contributed by atoms with Gasteiger partial charge in [-0.2, -0.15) is 8.62 Å². The highest BCUT2D eigenvalue weighted by Crippen LogP contribution is 2.66. The molecule has 2 unspecified atom stereocenters. The Morgan fingerprint density at radius 1 is 0.892 bits per heavy atom. The Hall–Kier alpha value is -7.93. The van der Waals surface area contributed by atoms with Crippen LogP contribution in [-0.2, 0) is 62.1 Å². The summed E-state index contributed by atoms with van der Waals surface area (Å²) in [5, 5.41) is 41.8. The number of carbonyl (C=O) groups excluding carboxylic acids is 2. The van der Waals surface area contributed by atoms with Gasteiger partial charge in [-0.3, -0.25) is 28.8 Å². The third kappa shape index (κ3) is 14.0. The van der Waals surface area contributed by atoms with Gasteiger partial charge < -0.3 is 65.3 Å². The van der Waals surface area contributed by atoms with Crippen molar-refractivity contribution in [3.63, 3.8) is 0 Å². The van der Waals surface area contributed by atoms with Crippen molar-refractivity contribution in [2.45, 2.75) is 115 Å². The first kappa shape index (κ1) is 65.1. The van der Waals surface area contributed by atoms with Gasteiger partial charge in [0.1, 0.15) is 54.4 Å². The summed E-state index contributed by atoms with van der Waals surface area (Å²) in [6.07, 6.45) is 5.76. The predicted octanol–water partition coefficient (Wildman–Crippen LogP) is 5.65. The monoisotopic (exact) mass is 1340 g/mol. The van der Waals surface area contributed by atoms with Crippen molar-refractivity contribution in [1.29, 1.82) is 0 Å². The number of aliphatic hydroxyl groups is 1. The Bertz CT molecular complexity index is 4430. The van der Waals surface area contributed by atoms with Crippen molar-refractivity contribution in [1.82, 2.24) is 29.7 Å². The molecular formula is C61H67N9O20P3+. The van der Waals surface area contributed by atoms with E-state index in [1.165, 1.54) is 68.5 Å². The molecule has 6 aliphatic heterocycles. The Morgan fingerprint density at radius 3 is 2.43 bits per heavy atom. The number of imidazole rings is 1. The van der Waals surface area contributed by atoms with Gasteiger partial charge >= 0.3 is 29.4 Å². The van der Waals surface area contributed by atoms with Gasteiger partial charge in [-0.25, -0.2) is 33.0 Å². The maximum atomic E-state index is 14.0. The maximum Gasteiger partial charge on any atom is 0.490 e. The first-order valence-electron chi connectivity index (χ1n) is 30.4. The number of carboxylic acids is 1. The highest BCUT2D eigenvalue weighted by Gasteiger charge is 2.44. The molecule has 10 N–H and O–H groups in total. The summed E-state index contributed by atoms with van der Waals surface area (Å²) in [7, 11) is -16.9. The van der Waals surface area contributed by atoms with Gasteiger partial charge in [-0.1, -0.05) is 18.3 Å². The number of aryl methyl sites for hydroxylation is 2. The first-order chi connectivity index (χ1) is 44.4. The zero-order valence-corrected chi connectivity index (χ0v) is 52.9. The molecule has 2 amide bonds. The summed E-state index contributed by atoms with van der Waals surface area (Å²) in [4.78, 5) is 99.8. The van der Waals surface area contributed by atoms with Crippen LogP contribution >= 0.6 is 23.5 Å². The van der Waals surface area contributed by atoms with Crippen LogP contribution in [0.15, 0.2) is 60.9 Å². The number of nitro groups is 1. The molecule has 2 aromatic heterocycles. The van der Waals surface area contributed by atoms with E-state index in [1.54, 1.807) is 25.1 Å². The number of unbranched alkanes of at least 4 members (excludes halogenated alkanes) is 2. The molecule has 6 aromatic rings. The van der Waals surface area contributed by atoms with Gasteiger partial charge in [-0.05, 0) is 112 Å². The molecular weight excluding hydrogens is 1270 g/mol. The normalized spacial score (nSPS) is 19.5. The van der Waals surface area contributed by atoms with Crippen LogP contribution in [0.25, 0.3) is 16.7 Å². The standard InChI is InChI=1S/C61H66N9O20P3/c1-34(86-48-31-50(62)66-59-54(48)65-33-69(59)52-30-47(71)49(87-52)32-85-92(81,82)90-93(83,84)89-91(78,79)80)39-18-16-35(26-46(39)70(76)77)10-5-21-63-51(72)15-3-2-4-20-64-60(73)38-17-19-40(61(74)75)43(29-38)53-44-27-36-11-6-22-67-24-8-13-41(55(36)67)57(44)88-58-42-14-9-25-68-23-7-12-37(56(42)68)28-45(53)58/h16-19,26-29,31,33-34,47,49,52,71H,2-4,6-9,11-15,20-25,30,32H2,1H3,(H8-,62,63,64,66,72,73,74,75,78,79,80,81,82,83,84)/p+1/t34-,47+,49+,52+/m0/s1. The number of nitrogens with zero attached hydrogens (tertiary/aromatic N) is 6. The fourth-order valence-corrected chi connectivity index (χ4v) is 16.4. The molecule has 6 aliphatic rings. The predicted molar refractivity (Wildman–Crippen MR) is 333 cm³/mol. The number of pyridine rings is 1. The number of fused-ring (bicyclic) bond motifs is 5. The lowest BCUT2D eigenvalue weighted by atomic mass is 9.81. The number of carbonyl (C=O) groups is 3. The maximum absolute atomic E-state index is 14.0. The van der Waals surface area contributed by atoms with E-state index in [9.17, 15) is 58.2 Å². The van der Waals surface area contributed by atoms with Crippen LogP contribution < -0.4 is 45.9 Å². The Labute approximate surface area is 530 Å². The quantitative estimate of drug-likeness (QED) is 0.00989. The number of hydrogen-bond donors (Lipinski definition) is 9. The Balaban J connectivity index is 0.644. The van der Waals surface area contributed by atoms with Gasteiger partial charge in [0, 0.05) is 102 Å². The summed E-state index contributed by atoms with van der Waals surface area (Å²) in [5.41, 5.74) is 15.1. The number of ether oxygens (including phenoxy) is 3. The minimum absolute atomic E-state index is 0.0421. The van der Waals surface area contributed by atoms with Gasteiger partial charge in [0.2, 0.25) is 11.3 Å². The van der Waals surface area contributed by atoms with E-state index in [-0.39, 0.29) is 76.3 Å². The molecule has 93 heavy (non-hydrogen) atoms. The van der Waals surface area contributed by atoms with Gasteiger partial charge in [-0.15, -0.1) is 0 Å². The largest absolute Gasteiger partial charge is 0.490 e. The average Bonchev–Trinajstić information content (AvgIpc) is 1.34. The van der Waals surface area contributed by atoms with Crippen LogP contribution in [0.4, 0.5) is 17.2 Å². The third-order valence-electron chi connectivity index (χ3n) is 17.3. The molecule has 12 rings (SSSR count). The van der Waals surface area contributed by atoms with E-state index >= 15 is 0 Å². The minimum atomic E-state index is -5.79. The van der Waals surface area contributed by atoms with Gasteiger partial charge in [0.05, 0.1) is 47.2 Å². The average molecular weight is 1340 g/mol. The number of aromatic nitrogens is 3. The fourth-order valence-electron chi connectivity index (χ4n) is 13.3. The number of carboxylic acid groups (broad SMARTS) is 1. The molecule has 32 heteroatoms. The summed E-state index contributed by atoms with van der Waals surface area (Å²) < 4.78 is 70.0. The number of aliphatic hydroxyl groups excluding tert-OH is 1. The van der Waals surface area contributed by atoms with E-state index in [1.807, 2.05) is 0 Å². The topological polar surface area (TPSA) is 409 Å². The lowest BCUT2D eigenvalue weighted by Gasteiger charge is -2.39. The highest BCUT2D eigenvalue weighted by atomic mass is 31.3. The summed E-state index contributed by atoms with van der Waals surface area (Å²) in [6, 6.07) is 14.9. The number of nitrogen functional groups attached to an aromatic ring is 1. The van der Waals surface area contributed by atoms with Crippen LogP contribution in [-0.4, -0.2) is 125 Å². The van der Waals surface area contributed by atoms with Crippen LogP contribution in [0.3, 0.4) is 0 Å². The van der Waals surface area contributed by atoms with Crippen molar-refractivity contribution in [3.8, 4) is 29.1 Å². The number of nitro benzene ring substituents is 1. The first-order valence-corrected chi connectivity index (χ1v) is 35.0. The number of nitrogens with two attached hydrogens (primary N) is 1. The minimum Gasteiger partial charge on any atom is -0.483 e. The molecule has 0 spiro atoms. The van der Waals surface area contributed by atoms with E-state index < -0.39 is 65.5 Å². The van der Waals surface area contributed by atoms with Crippen LogP contribution in [0.1, 0.15) is 142 Å². The smallest absolute Gasteiger partial charge is 0.483 e. The summed E-state index contributed by atoms with van der Waals surface area (Å²) >= 11 is 0. The lowest BCUT2D eigenvalue weighted by Crippen LogP contribution is -2.45. The van der Waals surface area contributed by atoms with E-state index in [0.717, 1.165) is 105 Å². The fraction of sp³-hybridized carbons (Fsp3) is 0.410. The number of benzene rings is 4. The number of nitrogens with one attached hydrogen (secondary N) is 2. The molecule has 0 saturated carbocycles. The lowest BCUT2D eigenvalue weighted by molar-refractivity contribution is -0.386. The van der Waals surface area contributed by atoms with Crippen molar-refractivity contribution < 1.29 is 90.1 Å². The molecule has 0 radical (unpaired) electrons. The van der Waals surface area contributed by atoms with Gasteiger partial charge in [0.25, 0.3) is 11.6 Å². The number of phosphoric ester groups is 1. The molecule has 0 bridgehead atoms. The van der Waals surface area contributed by atoms with Crippen molar-refractivity contribution in [2.24, 2.45) is 0 Å². The molecule has 1 fully saturated rings. The summed E-state index contributed by atoms with van der Waals surface area (Å²) in [5.74, 6) is 5.55. The highest BCUT2D eigenvalue weighted by molar-refractivity contribution is 7.66. The van der Waals surface area contributed by atoms with Crippen LogP contribution in [0.5, 0.6) is 17.2 Å². The number of anilines is 2.